The van der Waals surface area contributed by atoms with E-state index in [9.17, 15) is 9.59 Å². The molecule has 2 aliphatic rings. The van der Waals surface area contributed by atoms with Gasteiger partial charge in [-0.3, -0.25) is 9.59 Å². The highest BCUT2D eigenvalue weighted by atomic mass is 16.2. The Hall–Kier alpha value is -1.82. The molecule has 6 nitrogen and oxygen atoms in total. The number of hydrogen-bond acceptors (Lipinski definition) is 4. The summed E-state index contributed by atoms with van der Waals surface area (Å²) in [7, 11) is 0. The van der Waals surface area contributed by atoms with Crippen LogP contribution in [0.2, 0.25) is 0 Å². The summed E-state index contributed by atoms with van der Waals surface area (Å²) in [4.78, 5) is 28.6. The van der Waals surface area contributed by atoms with Crippen LogP contribution in [-0.4, -0.2) is 54.6 Å². The smallest absolute Gasteiger partial charge is 0.250 e. The summed E-state index contributed by atoms with van der Waals surface area (Å²) >= 11 is 0. The van der Waals surface area contributed by atoms with Crippen molar-refractivity contribution in [2.75, 3.05) is 44.2 Å². The summed E-state index contributed by atoms with van der Waals surface area (Å²) in [5.74, 6) is 0.994. The zero-order valence-electron chi connectivity index (χ0n) is 15.2. The third-order valence-corrected chi connectivity index (χ3v) is 5.38. The molecule has 0 saturated carbocycles. The largest absolute Gasteiger partial charge is 0.370 e. The fourth-order valence-corrected chi connectivity index (χ4v) is 3.62. The number of piperidine rings is 1. The van der Waals surface area contributed by atoms with Crippen LogP contribution in [-0.2, 0) is 11.3 Å². The van der Waals surface area contributed by atoms with E-state index in [1.54, 1.807) is 10.6 Å². The number of anilines is 1. The first-order chi connectivity index (χ1) is 12.1. The second-order valence-corrected chi connectivity index (χ2v) is 7.32. The molecule has 0 spiro atoms. The minimum absolute atomic E-state index is 0.0174. The number of aryl methyl sites for hydroxylation is 1. The summed E-state index contributed by atoms with van der Waals surface area (Å²) in [5, 5.41) is 3.26. The van der Waals surface area contributed by atoms with Gasteiger partial charge in [-0.25, -0.2) is 0 Å². The van der Waals surface area contributed by atoms with Gasteiger partial charge in [0.25, 0.3) is 5.56 Å². The molecule has 3 heterocycles. The predicted octanol–water partition coefficient (Wildman–Crippen LogP) is 1.30. The molecule has 25 heavy (non-hydrogen) atoms. The van der Waals surface area contributed by atoms with Gasteiger partial charge in [0.05, 0.1) is 5.69 Å². The average Bonchev–Trinajstić information content (AvgIpc) is 2.64. The van der Waals surface area contributed by atoms with Crippen LogP contribution in [0.5, 0.6) is 0 Å². The third-order valence-electron chi connectivity index (χ3n) is 5.38. The van der Waals surface area contributed by atoms with Gasteiger partial charge in [-0.05, 0) is 31.2 Å². The zero-order chi connectivity index (χ0) is 17.6. The minimum atomic E-state index is 0.0174. The molecule has 1 amide bonds. The fourth-order valence-electron chi connectivity index (χ4n) is 3.62. The van der Waals surface area contributed by atoms with Gasteiger partial charge in [0, 0.05) is 64.5 Å². The van der Waals surface area contributed by atoms with Crippen LogP contribution in [0.15, 0.2) is 23.1 Å². The molecule has 3 rings (SSSR count). The van der Waals surface area contributed by atoms with Gasteiger partial charge >= 0.3 is 0 Å². The number of aromatic nitrogens is 1. The highest BCUT2D eigenvalue weighted by Crippen LogP contribution is 2.21. The van der Waals surface area contributed by atoms with Crippen LogP contribution in [0.1, 0.15) is 32.6 Å². The SMILES string of the molecule is CC1CCN(c2ccc(=O)n(CCCC(=O)N3CCNCC3)c2)CC1. The van der Waals surface area contributed by atoms with E-state index < -0.39 is 0 Å². The van der Waals surface area contributed by atoms with Crippen molar-refractivity contribution in [1.29, 1.82) is 0 Å². The van der Waals surface area contributed by atoms with Crippen molar-refractivity contribution in [2.45, 2.75) is 39.2 Å². The molecule has 0 bridgehead atoms. The van der Waals surface area contributed by atoms with Gasteiger partial charge < -0.3 is 19.7 Å². The Morgan fingerprint density at radius 3 is 2.60 bits per heavy atom. The van der Waals surface area contributed by atoms with Gasteiger partial charge in [0.1, 0.15) is 0 Å². The van der Waals surface area contributed by atoms with Gasteiger partial charge in [0.15, 0.2) is 0 Å². The number of nitrogens with zero attached hydrogens (tertiary/aromatic N) is 3. The molecule has 1 aromatic heterocycles. The Kier molecular flexibility index (Phi) is 6.13. The van der Waals surface area contributed by atoms with Gasteiger partial charge in [-0.15, -0.1) is 0 Å². The maximum absolute atomic E-state index is 12.2. The third kappa shape index (κ3) is 4.84. The first-order valence-electron chi connectivity index (χ1n) is 9.57. The number of rotatable bonds is 5. The molecule has 2 fully saturated rings. The molecule has 1 N–H and O–H groups in total. The molecule has 0 aromatic carbocycles. The van der Waals surface area contributed by atoms with Crippen molar-refractivity contribution in [3.05, 3.63) is 28.7 Å². The van der Waals surface area contributed by atoms with E-state index in [1.165, 1.54) is 12.8 Å². The Morgan fingerprint density at radius 1 is 1.16 bits per heavy atom. The van der Waals surface area contributed by atoms with Crippen LogP contribution in [0.3, 0.4) is 0 Å². The molecule has 1 aromatic rings. The lowest BCUT2D eigenvalue weighted by Crippen LogP contribution is -2.46. The second-order valence-electron chi connectivity index (χ2n) is 7.32. The predicted molar refractivity (Wildman–Crippen MR) is 100.0 cm³/mol. The first kappa shape index (κ1) is 18.0. The van der Waals surface area contributed by atoms with Crippen molar-refractivity contribution in [3.63, 3.8) is 0 Å². The number of nitrogens with one attached hydrogen (secondary N) is 1. The second kappa shape index (κ2) is 8.52. The van der Waals surface area contributed by atoms with Gasteiger partial charge in [0.2, 0.25) is 5.91 Å². The average molecular weight is 346 g/mol. The Labute approximate surface area is 149 Å². The van der Waals surface area contributed by atoms with E-state index in [2.05, 4.69) is 17.1 Å². The number of pyridine rings is 1. The quantitative estimate of drug-likeness (QED) is 0.873. The van der Waals surface area contributed by atoms with Crippen LogP contribution in [0.25, 0.3) is 0 Å². The molecule has 0 radical (unpaired) electrons. The Balaban J connectivity index is 1.54. The molecule has 0 unspecified atom stereocenters. The van der Waals surface area contributed by atoms with Crippen LogP contribution in [0.4, 0.5) is 5.69 Å². The summed E-state index contributed by atoms with van der Waals surface area (Å²) in [6, 6.07) is 3.59. The number of carbonyl (C=O) groups is 1. The minimum Gasteiger partial charge on any atom is -0.370 e. The van der Waals surface area contributed by atoms with Crippen molar-refractivity contribution in [3.8, 4) is 0 Å². The van der Waals surface area contributed by atoms with E-state index in [0.29, 0.717) is 19.4 Å². The van der Waals surface area contributed by atoms with E-state index in [0.717, 1.165) is 50.9 Å². The van der Waals surface area contributed by atoms with E-state index >= 15 is 0 Å². The summed E-state index contributed by atoms with van der Waals surface area (Å²) < 4.78 is 1.76. The lowest BCUT2D eigenvalue weighted by molar-refractivity contribution is -0.131. The first-order valence-corrected chi connectivity index (χ1v) is 9.57. The number of piperazine rings is 1. The normalized spacial score (nSPS) is 19.2. The van der Waals surface area contributed by atoms with Crippen LogP contribution < -0.4 is 15.8 Å². The van der Waals surface area contributed by atoms with Crippen LogP contribution >= 0.6 is 0 Å². The van der Waals surface area contributed by atoms with Gasteiger partial charge in [-0.2, -0.15) is 0 Å². The molecule has 2 saturated heterocycles. The molecule has 138 valence electrons. The highest BCUT2D eigenvalue weighted by Gasteiger charge is 2.17. The summed E-state index contributed by atoms with van der Waals surface area (Å²) in [5.41, 5.74) is 1.14. The van der Waals surface area contributed by atoms with E-state index in [-0.39, 0.29) is 11.5 Å². The van der Waals surface area contributed by atoms with Crippen molar-refractivity contribution >= 4 is 11.6 Å². The number of amides is 1. The Morgan fingerprint density at radius 2 is 1.88 bits per heavy atom. The molecular formula is C19H30N4O2. The summed E-state index contributed by atoms with van der Waals surface area (Å²) in [6.45, 7) is 8.36. The fraction of sp³-hybridized carbons (Fsp3) is 0.684. The van der Waals surface area contributed by atoms with Crippen molar-refractivity contribution in [2.24, 2.45) is 5.92 Å². The Bertz CT molecular complexity index is 629. The standard InChI is InChI=1S/C19H30N4O2/c1-16-6-11-21(12-7-16)17-4-5-19(25)23(15-17)10-2-3-18(24)22-13-8-20-9-14-22/h4-5,15-16,20H,2-3,6-14H2,1H3. The molecule has 6 heteroatoms. The molecule has 0 aliphatic carbocycles. The zero-order valence-corrected chi connectivity index (χ0v) is 15.2. The lowest BCUT2D eigenvalue weighted by atomic mass is 9.99. The highest BCUT2D eigenvalue weighted by molar-refractivity contribution is 5.76. The van der Waals surface area contributed by atoms with Crippen LogP contribution in [0, 0.1) is 5.92 Å². The van der Waals surface area contributed by atoms with Crippen molar-refractivity contribution in [1.82, 2.24) is 14.8 Å². The maximum Gasteiger partial charge on any atom is 0.250 e. The maximum atomic E-state index is 12.2. The molecular weight excluding hydrogens is 316 g/mol. The molecule has 2 aliphatic heterocycles. The number of carbonyl (C=O) groups excluding carboxylic acids is 1. The van der Waals surface area contributed by atoms with E-state index in [4.69, 9.17) is 0 Å². The topological polar surface area (TPSA) is 57.6 Å². The number of hydrogen-bond donors (Lipinski definition) is 1. The monoisotopic (exact) mass is 346 g/mol. The lowest BCUT2D eigenvalue weighted by Gasteiger charge is -2.32. The van der Waals surface area contributed by atoms with Gasteiger partial charge in [-0.1, -0.05) is 6.92 Å². The molecule has 0 atom stereocenters. The van der Waals surface area contributed by atoms with Crippen molar-refractivity contribution < 1.29 is 4.79 Å². The van der Waals surface area contributed by atoms with E-state index in [1.807, 2.05) is 17.2 Å². The summed E-state index contributed by atoms with van der Waals surface area (Å²) in [6.07, 6.45) is 5.60.